The summed E-state index contributed by atoms with van der Waals surface area (Å²) in [5, 5.41) is 17.2. The van der Waals surface area contributed by atoms with Gasteiger partial charge >= 0.3 is 6.18 Å². The van der Waals surface area contributed by atoms with Crippen molar-refractivity contribution >= 4 is 16.7 Å². The van der Waals surface area contributed by atoms with Gasteiger partial charge in [-0.1, -0.05) is 13.8 Å². The molecule has 2 N–H and O–H groups in total. The number of aromatic nitrogens is 2. The van der Waals surface area contributed by atoms with Crippen molar-refractivity contribution in [3.63, 3.8) is 0 Å². The van der Waals surface area contributed by atoms with Gasteiger partial charge in [0.2, 0.25) is 5.91 Å². The first kappa shape index (κ1) is 25.5. The van der Waals surface area contributed by atoms with Crippen molar-refractivity contribution in [2.24, 2.45) is 0 Å². The monoisotopic (exact) mass is 502 g/mol. The van der Waals surface area contributed by atoms with E-state index in [1.807, 2.05) is 4.90 Å². The smallest absolute Gasteiger partial charge is 0.391 e. The molecule has 1 aromatic carbocycles. The number of nitrogens with one attached hydrogen (secondary N) is 1. The lowest BCUT2D eigenvalue weighted by Crippen LogP contribution is -2.61. The number of rotatable bonds is 5. The van der Waals surface area contributed by atoms with E-state index in [4.69, 9.17) is 0 Å². The van der Waals surface area contributed by atoms with Gasteiger partial charge in [0.15, 0.2) is 0 Å². The molecule has 2 aliphatic rings. The van der Waals surface area contributed by atoms with Crippen molar-refractivity contribution < 1.29 is 31.9 Å². The van der Waals surface area contributed by atoms with Gasteiger partial charge in [-0.25, -0.2) is 13.5 Å². The molecule has 1 aromatic heterocycles. The lowest BCUT2D eigenvalue weighted by molar-refractivity contribution is -0.137. The van der Waals surface area contributed by atoms with Crippen LogP contribution in [0.15, 0.2) is 23.0 Å². The SMILES string of the molecule is CC(C)c1nn(CC(=O)N[C@H]2CN(C3CC(F)(F)C3)CC[C@H]2O)c(=O)c2ccc(C(F)(F)F)cc12. The number of alkyl halides is 5. The van der Waals surface area contributed by atoms with Gasteiger partial charge in [0.1, 0.15) is 6.54 Å². The van der Waals surface area contributed by atoms with Crippen LogP contribution in [0.5, 0.6) is 0 Å². The number of hydrogen-bond acceptors (Lipinski definition) is 5. The zero-order valence-corrected chi connectivity index (χ0v) is 19.3. The van der Waals surface area contributed by atoms with E-state index in [9.17, 15) is 36.6 Å². The van der Waals surface area contributed by atoms with Crippen LogP contribution in [0.3, 0.4) is 0 Å². The molecule has 4 rings (SSSR count). The summed E-state index contributed by atoms with van der Waals surface area (Å²) in [6, 6.07) is 1.77. The third-order valence-electron chi connectivity index (χ3n) is 6.70. The number of carbonyl (C=O) groups excluding carboxylic acids is 1. The highest BCUT2D eigenvalue weighted by atomic mass is 19.4. The average Bonchev–Trinajstić information content (AvgIpc) is 2.74. The summed E-state index contributed by atoms with van der Waals surface area (Å²) in [4.78, 5) is 27.5. The van der Waals surface area contributed by atoms with Crippen LogP contribution in [-0.4, -0.2) is 62.9 Å². The zero-order valence-electron chi connectivity index (χ0n) is 19.3. The molecule has 1 saturated carbocycles. The number of fused-ring (bicyclic) bond motifs is 1. The van der Waals surface area contributed by atoms with Gasteiger partial charge in [-0.05, 0) is 30.5 Å². The second-order valence-electron chi connectivity index (χ2n) is 9.70. The molecule has 1 saturated heterocycles. The van der Waals surface area contributed by atoms with E-state index in [-0.39, 0.29) is 47.8 Å². The minimum Gasteiger partial charge on any atom is -0.391 e. The van der Waals surface area contributed by atoms with Gasteiger partial charge in [-0.3, -0.25) is 14.5 Å². The van der Waals surface area contributed by atoms with E-state index in [0.717, 1.165) is 22.9 Å². The number of amides is 1. The fraction of sp³-hybridized carbons (Fsp3) is 0.609. The first-order valence-corrected chi connectivity index (χ1v) is 11.5. The molecule has 12 heteroatoms. The third-order valence-corrected chi connectivity index (χ3v) is 6.70. The lowest BCUT2D eigenvalue weighted by atomic mass is 9.85. The van der Waals surface area contributed by atoms with Crippen LogP contribution in [0.1, 0.15) is 50.3 Å². The van der Waals surface area contributed by atoms with Gasteiger partial charge in [-0.15, -0.1) is 0 Å². The molecule has 2 fully saturated rings. The molecule has 1 amide bonds. The van der Waals surface area contributed by atoms with Gasteiger partial charge < -0.3 is 10.4 Å². The second-order valence-corrected chi connectivity index (χ2v) is 9.70. The van der Waals surface area contributed by atoms with E-state index in [0.29, 0.717) is 13.0 Å². The summed E-state index contributed by atoms with van der Waals surface area (Å²) in [5.41, 5.74) is -1.37. The van der Waals surface area contributed by atoms with Crippen LogP contribution >= 0.6 is 0 Å². The molecule has 0 unspecified atom stereocenters. The van der Waals surface area contributed by atoms with E-state index < -0.39 is 47.8 Å². The van der Waals surface area contributed by atoms with E-state index in [2.05, 4.69) is 10.4 Å². The Balaban J connectivity index is 1.53. The summed E-state index contributed by atoms with van der Waals surface area (Å²) in [6.45, 7) is 3.57. The Morgan fingerprint density at radius 1 is 1.26 bits per heavy atom. The maximum atomic E-state index is 13.2. The van der Waals surface area contributed by atoms with Gasteiger partial charge in [0.05, 0.1) is 28.8 Å². The molecule has 2 aromatic rings. The van der Waals surface area contributed by atoms with Gasteiger partial charge in [0, 0.05) is 37.4 Å². The maximum absolute atomic E-state index is 13.2. The second kappa shape index (κ2) is 9.12. The predicted octanol–water partition coefficient (Wildman–Crippen LogP) is 2.89. The maximum Gasteiger partial charge on any atom is 0.416 e. The number of aliphatic hydroxyl groups is 1. The number of likely N-dealkylation sites (tertiary alicyclic amines) is 1. The summed E-state index contributed by atoms with van der Waals surface area (Å²) in [6.07, 6.45) is -5.66. The molecule has 35 heavy (non-hydrogen) atoms. The Labute approximate surface area is 197 Å². The summed E-state index contributed by atoms with van der Waals surface area (Å²) < 4.78 is 66.9. The van der Waals surface area contributed by atoms with Crippen LogP contribution in [0.25, 0.3) is 10.8 Å². The van der Waals surface area contributed by atoms with E-state index in [1.165, 1.54) is 0 Å². The fourth-order valence-electron chi connectivity index (χ4n) is 4.74. The molecular weight excluding hydrogens is 475 g/mol. The quantitative estimate of drug-likeness (QED) is 0.615. The Hall–Kier alpha value is -2.60. The van der Waals surface area contributed by atoms with Crippen molar-refractivity contribution in [1.82, 2.24) is 20.0 Å². The van der Waals surface area contributed by atoms with Crippen molar-refractivity contribution in [1.29, 1.82) is 0 Å². The number of nitrogens with zero attached hydrogens (tertiary/aromatic N) is 3. The molecule has 0 spiro atoms. The van der Waals surface area contributed by atoms with Crippen molar-refractivity contribution in [2.75, 3.05) is 13.1 Å². The number of halogens is 5. The number of benzene rings is 1. The van der Waals surface area contributed by atoms with Crippen LogP contribution in [0.2, 0.25) is 0 Å². The fourth-order valence-corrected chi connectivity index (χ4v) is 4.74. The standard InChI is InChI=1S/C23H27F5N4O3/c1-12(2)20-16-7-13(23(26,27)28)3-4-15(16)21(35)32(30-20)11-19(34)29-17-10-31(6-5-18(17)33)14-8-22(24,25)9-14/h3-4,7,12,14,17-18,33H,5-6,8-11H2,1-2H3,(H,29,34)/t17-,18+/m0/s1. The Bertz CT molecular complexity index is 1170. The lowest BCUT2D eigenvalue weighted by Gasteiger charge is -2.47. The molecule has 0 bridgehead atoms. The highest BCUT2D eigenvalue weighted by molar-refractivity contribution is 5.85. The number of aliphatic hydroxyl groups excluding tert-OH is 1. The van der Waals surface area contributed by atoms with Crippen LogP contribution in [0, 0.1) is 0 Å². The molecule has 2 heterocycles. The van der Waals surface area contributed by atoms with E-state index >= 15 is 0 Å². The first-order chi connectivity index (χ1) is 16.2. The summed E-state index contributed by atoms with van der Waals surface area (Å²) in [7, 11) is 0. The van der Waals surface area contributed by atoms with E-state index in [1.54, 1.807) is 13.8 Å². The predicted molar refractivity (Wildman–Crippen MR) is 117 cm³/mol. The molecular formula is C23H27F5N4O3. The molecule has 192 valence electrons. The van der Waals surface area contributed by atoms with Crippen molar-refractivity contribution in [3.8, 4) is 0 Å². The molecule has 0 radical (unpaired) electrons. The minimum absolute atomic E-state index is 0.0132. The van der Waals surface area contributed by atoms with Gasteiger partial charge in [0.25, 0.3) is 11.5 Å². The average molecular weight is 502 g/mol. The Morgan fingerprint density at radius 2 is 1.94 bits per heavy atom. The van der Waals surface area contributed by atoms with Crippen LogP contribution < -0.4 is 10.9 Å². The molecule has 1 aliphatic heterocycles. The van der Waals surface area contributed by atoms with Crippen molar-refractivity contribution in [3.05, 3.63) is 39.8 Å². The Kier molecular flexibility index (Phi) is 6.64. The summed E-state index contributed by atoms with van der Waals surface area (Å²) >= 11 is 0. The normalized spacial score (nSPS) is 23.5. The zero-order chi connectivity index (χ0) is 25.7. The molecule has 1 aliphatic carbocycles. The number of hydrogen-bond donors (Lipinski definition) is 2. The van der Waals surface area contributed by atoms with Crippen LogP contribution in [0.4, 0.5) is 22.0 Å². The highest BCUT2D eigenvalue weighted by Crippen LogP contribution is 2.41. The van der Waals surface area contributed by atoms with Crippen LogP contribution in [-0.2, 0) is 17.5 Å². The topological polar surface area (TPSA) is 87.5 Å². The number of carbonyl (C=O) groups is 1. The summed E-state index contributed by atoms with van der Waals surface area (Å²) in [5.74, 6) is -3.63. The largest absolute Gasteiger partial charge is 0.416 e. The first-order valence-electron chi connectivity index (χ1n) is 11.5. The molecule has 7 nitrogen and oxygen atoms in total. The Morgan fingerprint density at radius 3 is 2.54 bits per heavy atom. The highest BCUT2D eigenvalue weighted by Gasteiger charge is 2.49. The van der Waals surface area contributed by atoms with Crippen molar-refractivity contribution in [2.45, 2.75) is 75.9 Å². The van der Waals surface area contributed by atoms with Gasteiger partial charge in [-0.2, -0.15) is 18.3 Å². The molecule has 2 atom stereocenters. The third kappa shape index (κ3) is 5.32. The number of piperidine rings is 1. The minimum atomic E-state index is -4.58.